The van der Waals surface area contributed by atoms with Gasteiger partial charge in [-0.2, -0.15) is 4.99 Å². The van der Waals surface area contributed by atoms with E-state index in [9.17, 15) is 13.2 Å². The molecule has 1 saturated carbocycles. The number of aliphatic imine (C=N–C) groups is 1. The standard InChI is InChI=1S/C13H20N2O3S2/c1-15-10-7-20(17,18)8-11(10)19-13(15)14-12(16)9-5-3-2-4-6-9/h9-11H,2-8H2,1H3/t10-,11-/m0/s1. The molecule has 0 N–H and O–H groups in total. The number of nitrogens with zero attached hydrogens (tertiary/aromatic N) is 2. The van der Waals surface area contributed by atoms with E-state index in [1.807, 2.05) is 11.9 Å². The van der Waals surface area contributed by atoms with Crippen molar-refractivity contribution in [2.24, 2.45) is 10.9 Å². The molecule has 112 valence electrons. The molecule has 2 saturated heterocycles. The maximum Gasteiger partial charge on any atom is 0.251 e. The van der Waals surface area contributed by atoms with E-state index in [1.165, 1.54) is 18.2 Å². The summed E-state index contributed by atoms with van der Waals surface area (Å²) >= 11 is 1.46. The number of amidine groups is 1. The fourth-order valence-corrected chi connectivity index (χ4v) is 7.27. The van der Waals surface area contributed by atoms with Crippen LogP contribution in [0.2, 0.25) is 0 Å². The number of carbonyl (C=O) groups is 1. The highest BCUT2D eigenvalue weighted by atomic mass is 32.2. The lowest BCUT2D eigenvalue weighted by Crippen LogP contribution is -2.34. The van der Waals surface area contributed by atoms with Crippen LogP contribution in [0.5, 0.6) is 0 Å². The molecule has 20 heavy (non-hydrogen) atoms. The Kier molecular flexibility index (Phi) is 3.83. The van der Waals surface area contributed by atoms with Gasteiger partial charge in [-0.25, -0.2) is 8.42 Å². The molecule has 3 aliphatic rings. The molecule has 1 aliphatic carbocycles. The van der Waals surface area contributed by atoms with Crippen LogP contribution in [0.25, 0.3) is 0 Å². The summed E-state index contributed by atoms with van der Waals surface area (Å²) in [5.41, 5.74) is 0. The lowest BCUT2D eigenvalue weighted by atomic mass is 9.89. The molecule has 2 aliphatic heterocycles. The predicted molar refractivity (Wildman–Crippen MR) is 80.6 cm³/mol. The Labute approximate surface area is 124 Å². The maximum absolute atomic E-state index is 12.2. The monoisotopic (exact) mass is 316 g/mol. The van der Waals surface area contributed by atoms with Crippen molar-refractivity contribution >= 4 is 32.7 Å². The van der Waals surface area contributed by atoms with Gasteiger partial charge in [0.15, 0.2) is 15.0 Å². The third-order valence-electron chi connectivity index (χ3n) is 4.49. The number of hydrogen-bond acceptors (Lipinski definition) is 4. The van der Waals surface area contributed by atoms with Crippen molar-refractivity contribution < 1.29 is 13.2 Å². The Balaban J connectivity index is 1.70. The van der Waals surface area contributed by atoms with Crippen LogP contribution < -0.4 is 0 Å². The molecule has 0 spiro atoms. The maximum atomic E-state index is 12.2. The summed E-state index contributed by atoms with van der Waals surface area (Å²) in [6.07, 6.45) is 5.36. The summed E-state index contributed by atoms with van der Waals surface area (Å²) in [7, 11) is -1.06. The summed E-state index contributed by atoms with van der Waals surface area (Å²) in [5.74, 6) is 0.470. The Bertz CT molecular complexity index is 538. The van der Waals surface area contributed by atoms with Crippen molar-refractivity contribution in [2.75, 3.05) is 18.6 Å². The first-order valence-electron chi connectivity index (χ1n) is 7.19. The highest BCUT2D eigenvalue weighted by molar-refractivity contribution is 8.15. The molecule has 0 radical (unpaired) electrons. The fourth-order valence-electron chi connectivity index (χ4n) is 3.27. The Hall–Kier alpha value is -0.560. The van der Waals surface area contributed by atoms with Gasteiger partial charge in [0.05, 0.1) is 17.5 Å². The second-order valence-electron chi connectivity index (χ2n) is 5.98. The van der Waals surface area contributed by atoms with E-state index in [1.54, 1.807) is 0 Å². The first kappa shape index (κ1) is 14.4. The third-order valence-corrected chi connectivity index (χ3v) is 7.79. The van der Waals surface area contributed by atoms with Gasteiger partial charge in [0.2, 0.25) is 0 Å². The van der Waals surface area contributed by atoms with Crippen LogP contribution in [-0.4, -0.2) is 54.2 Å². The first-order chi connectivity index (χ1) is 9.46. The highest BCUT2D eigenvalue weighted by Crippen LogP contribution is 2.37. The van der Waals surface area contributed by atoms with Crippen LogP contribution in [0.15, 0.2) is 4.99 Å². The average Bonchev–Trinajstić information content (AvgIpc) is 2.85. The van der Waals surface area contributed by atoms with E-state index < -0.39 is 9.84 Å². The quantitative estimate of drug-likeness (QED) is 0.729. The molecular weight excluding hydrogens is 296 g/mol. The van der Waals surface area contributed by atoms with Gasteiger partial charge >= 0.3 is 0 Å². The van der Waals surface area contributed by atoms with Crippen LogP contribution in [0.3, 0.4) is 0 Å². The van der Waals surface area contributed by atoms with Crippen molar-refractivity contribution in [3.8, 4) is 0 Å². The van der Waals surface area contributed by atoms with Gasteiger partial charge in [-0.1, -0.05) is 31.0 Å². The first-order valence-corrected chi connectivity index (χ1v) is 9.89. The number of thioether (sulfide) groups is 1. The van der Waals surface area contributed by atoms with E-state index in [2.05, 4.69) is 4.99 Å². The van der Waals surface area contributed by atoms with Crippen LogP contribution >= 0.6 is 11.8 Å². The highest BCUT2D eigenvalue weighted by Gasteiger charge is 2.47. The van der Waals surface area contributed by atoms with E-state index in [0.717, 1.165) is 25.7 Å². The van der Waals surface area contributed by atoms with Crippen LogP contribution in [0, 0.1) is 5.92 Å². The topological polar surface area (TPSA) is 66.8 Å². The molecular formula is C13H20N2O3S2. The molecule has 2 heterocycles. The summed E-state index contributed by atoms with van der Waals surface area (Å²) in [5, 5.41) is 0.758. The average molecular weight is 316 g/mol. The number of hydrogen-bond donors (Lipinski definition) is 0. The van der Waals surface area contributed by atoms with Crippen molar-refractivity contribution in [3.05, 3.63) is 0 Å². The van der Waals surface area contributed by atoms with E-state index in [0.29, 0.717) is 5.17 Å². The third kappa shape index (κ3) is 2.74. The zero-order chi connectivity index (χ0) is 14.3. The summed E-state index contributed by atoms with van der Waals surface area (Å²) in [6, 6.07) is -0.0112. The minimum Gasteiger partial charge on any atom is -0.349 e. The zero-order valence-electron chi connectivity index (χ0n) is 11.6. The van der Waals surface area contributed by atoms with Gasteiger partial charge in [-0.3, -0.25) is 4.79 Å². The van der Waals surface area contributed by atoms with E-state index in [-0.39, 0.29) is 34.6 Å². The molecule has 7 heteroatoms. The second kappa shape index (κ2) is 5.33. The fraction of sp³-hybridized carbons (Fsp3) is 0.846. The second-order valence-corrected chi connectivity index (χ2v) is 9.34. The molecule has 3 rings (SSSR count). The van der Waals surface area contributed by atoms with Gasteiger partial charge in [0.1, 0.15) is 0 Å². The molecule has 3 fully saturated rings. The number of sulfone groups is 1. The largest absolute Gasteiger partial charge is 0.349 e. The number of carbonyl (C=O) groups excluding carboxylic acids is 1. The Morgan fingerprint density at radius 2 is 1.95 bits per heavy atom. The summed E-state index contributed by atoms with van der Waals surface area (Å²) < 4.78 is 23.2. The molecule has 0 aromatic carbocycles. The number of fused-ring (bicyclic) bond motifs is 1. The zero-order valence-corrected chi connectivity index (χ0v) is 13.3. The predicted octanol–water partition coefficient (Wildman–Crippen LogP) is 1.29. The molecule has 0 unspecified atom stereocenters. The molecule has 0 aromatic heterocycles. The van der Waals surface area contributed by atoms with Crippen LogP contribution in [0.1, 0.15) is 32.1 Å². The van der Waals surface area contributed by atoms with E-state index >= 15 is 0 Å². The Morgan fingerprint density at radius 3 is 2.60 bits per heavy atom. The van der Waals surface area contributed by atoms with Gasteiger partial charge in [-0.15, -0.1) is 0 Å². The van der Waals surface area contributed by atoms with Gasteiger partial charge in [0, 0.05) is 18.2 Å². The van der Waals surface area contributed by atoms with Gasteiger partial charge < -0.3 is 4.90 Å². The lowest BCUT2D eigenvalue weighted by molar-refractivity contribution is -0.122. The number of amides is 1. The van der Waals surface area contributed by atoms with E-state index in [4.69, 9.17) is 0 Å². The van der Waals surface area contributed by atoms with Crippen LogP contribution in [-0.2, 0) is 14.6 Å². The van der Waals surface area contributed by atoms with Crippen molar-refractivity contribution in [3.63, 3.8) is 0 Å². The molecule has 0 aromatic rings. The summed E-state index contributed by atoms with van der Waals surface area (Å²) in [6.45, 7) is 0. The number of rotatable bonds is 1. The molecule has 5 nitrogen and oxygen atoms in total. The van der Waals surface area contributed by atoms with Crippen molar-refractivity contribution in [1.29, 1.82) is 0 Å². The van der Waals surface area contributed by atoms with Crippen molar-refractivity contribution in [2.45, 2.75) is 43.4 Å². The Morgan fingerprint density at radius 1 is 1.25 bits per heavy atom. The smallest absolute Gasteiger partial charge is 0.251 e. The van der Waals surface area contributed by atoms with Crippen LogP contribution in [0.4, 0.5) is 0 Å². The molecule has 1 amide bonds. The summed E-state index contributed by atoms with van der Waals surface area (Å²) in [4.78, 5) is 18.4. The molecule has 2 atom stereocenters. The van der Waals surface area contributed by atoms with Gasteiger partial charge in [-0.05, 0) is 12.8 Å². The minimum absolute atomic E-state index is 0.0112. The van der Waals surface area contributed by atoms with Crippen molar-refractivity contribution in [1.82, 2.24) is 4.90 Å². The molecule has 0 bridgehead atoms. The van der Waals surface area contributed by atoms with Gasteiger partial charge in [0.25, 0.3) is 5.91 Å². The lowest BCUT2D eigenvalue weighted by Gasteiger charge is -2.20. The minimum atomic E-state index is -2.91. The SMILES string of the molecule is CN1C(=NC(=O)C2CCCCC2)S[C@H]2CS(=O)(=O)C[C@@H]21. The normalized spacial score (nSPS) is 35.5.